The van der Waals surface area contributed by atoms with Crippen LogP contribution in [0.5, 0.6) is 5.75 Å². The van der Waals surface area contributed by atoms with Crippen LogP contribution in [0, 0.1) is 0 Å². The zero-order chi connectivity index (χ0) is 26.3. The number of hydrogen-bond donors (Lipinski definition) is 1. The van der Waals surface area contributed by atoms with Gasteiger partial charge in [0.05, 0.1) is 5.60 Å². The Morgan fingerprint density at radius 3 is 2.13 bits per heavy atom. The van der Waals surface area contributed by atoms with E-state index in [-0.39, 0.29) is 42.9 Å². The average Bonchev–Trinajstić information content (AvgIpc) is 3.21. The fraction of sp³-hybridized carbons (Fsp3) is 0.387. The molecule has 2 atom stereocenters. The quantitative estimate of drug-likeness (QED) is 0.402. The molecule has 6 rings (SSSR count). The molecule has 0 saturated carbocycles. The molecule has 38 heavy (non-hydrogen) atoms. The smallest absolute Gasteiger partial charge is 0.410 e. The number of para-hydroxylation sites is 1. The lowest BCUT2D eigenvalue weighted by atomic mass is 9.73. The molecule has 3 aromatic carbocycles. The van der Waals surface area contributed by atoms with E-state index in [0.717, 1.165) is 19.3 Å². The molecule has 0 aromatic heterocycles. The van der Waals surface area contributed by atoms with E-state index in [0.29, 0.717) is 18.4 Å². The molecule has 5 nitrogen and oxygen atoms in total. The predicted octanol–water partition coefficient (Wildman–Crippen LogP) is 6.53. The van der Waals surface area contributed by atoms with Gasteiger partial charge >= 0.3 is 12.7 Å². The van der Waals surface area contributed by atoms with Crippen molar-refractivity contribution >= 4 is 6.09 Å². The van der Waals surface area contributed by atoms with Crippen LogP contribution >= 0.6 is 0 Å². The maximum atomic E-state index is 13.5. The van der Waals surface area contributed by atoms with Crippen molar-refractivity contribution in [1.82, 2.24) is 4.90 Å². The van der Waals surface area contributed by atoms with Gasteiger partial charge in [0, 0.05) is 24.4 Å². The summed E-state index contributed by atoms with van der Waals surface area (Å²) in [5.74, 6) is 0.0688. The second kappa shape index (κ2) is 10.0. The van der Waals surface area contributed by atoms with Gasteiger partial charge in [0.1, 0.15) is 12.4 Å². The Bertz CT molecular complexity index is 1270. The zero-order valence-electron chi connectivity index (χ0n) is 21.1. The largest absolute Gasteiger partial charge is 0.448 e. The van der Waals surface area contributed by atoms with E-state index in [1.54, 1.807) is 18.2 Å². The van der Waals surface area contributed by atoms with Crippen molar-refractivity contribution in [1.29, 1.82) is 0 Å². The molecule has 2 saturated heterocycles. The summed E-state index contributed by atoms with van der Waals surface area (Å²) >= 11 is 0. The van der Waals surface area contributed by atoms with Crippen molar-refractivity contribution in [3.63, 3.8) is 0 Å². The van der Waals surface area contributed by atoms with Gasteiger partial charge in [0.25, 0.3) is 0 Å². The Morgan fingerprint density at radius 2 is 1.50 bits per heavy atom. The highest BCUT2D eigenvalue weighted by Gasteiger charge is 2.48. The molecule has 2 unspecified atom stereocenters. The van der Waals surface area contributed by atoms with Crippen LogP contribution in [0.4, 0.5) is 13.6 Å². The van der Waals surface area contributed by atoms with Crippen LogP contribution in [-0.4, -0.2) is 47.0 Å². The lowest BCUT2D eigenvalue weighted by Gasteiger charge is -2.51. The number of piperidine rings is 2. The Labute approximate surface area is 221 Å². The van der Waals surface area contributed by atoms with Crippen LogP contribution < -0.4 is 4.74 Å². The van der Waals surface area contributed by atoms with Crippen LogP contribution in [0.25, 0.3) is 11.1 Å². The number of halogens is 2. The number of aliphatic hydroxyl groups is 1. The van der Waals surface area contributed by atoms with Crippen molar-refractivity contribution in [2.24, 2.45) is 0 Å². The van der Waals surface area contributed by atoms with Crippen molar-refractivity contribution in [3.05, 3.63) is 89.5 Å². The third-order valence-corrected chi connectivity index (χ3v) is 8.35. The summed E-state index contributed by atoms with van der Waals surface area (Å²) in [6.07, 6.45) is 3.12. The van der Waals surface area contributed by atoms with Gasteiger partial charge < -0.3 is 19.5 Å². The maximum absolute atomic E-state index is 13.5. The van der Waals surface area contributed by atoms with Gasteiger partial charge in [-0.2, -0.15) is 8.78 Å². The van der Waals surface area contributed by atoms with E-state index < -0.39 is 12.2 Å². The number of alkyl halides is 2. The molecule has 0 radical (unpaired) electrons. The molecule has 1 aliphatic carbocycles. The molecule has 1 amide bonds. The van der Waals surface area contributed by atoms with Gasteiger partial charge in [-0.1, -0.05) is 66.7 Å². The summed E-state index contributed by atoms with van der Waals surface area (Å²) in [6, 6.07) is 22.8. The first-order chi connectivity index (χ1) is 18.4. The molecule has 2 bridgehead atoms. The standard InChI is InChI=1S/C31H31F2NO4/c32-29(33)38-28-15-6-1-8-20(28)16-31(36)17-21-9-7-10-22(18-31)34(21)30(35)37-19-27-25-13-4-2-11-23(25)24-12-3-5-14-26(24)27/h1-6,8,11-15,21-22,27,29,36H,7,9-10,16-19H2. The van der Waals surface area contributed by atoms with E-state index >= 15 is 0 Å². The number of rotatable bonds is 6. The first kappa shape index (κ1) is 24.9. The van der Waals surface area contributed by atoms with Crippen LogP contribution in [0.1, 0.15) is 54.7 Å². The van der Waals surface area contributed by atoms with Gasteiger partial charge in [0.15, 0.2) is 0 Å². The summed E-state index contributed by atoms with van der Waals surface area (Å²) in [6.45, 7) is -2.67. The second-order valence-electron chi connectivity index (χ2n) is 10.7. The normalized spacial score (nSPS) is 24.2. The number of ether oxygens (including phenoxy) is 2. The highest BCUT2D eigenvalue weighted by molar-refractivity contribution is 5.79. The molecule has 3 aromatic rings. The number of amides is 1. The van der Waals surface area contributed by atoms with Crippen molar-refractivity contribution in [2.75, 3.05) is 6.61 Å². The molecule has 1 N–H and O–H groups in total. The number of benzene rings is 3. The molecule has 3 aliphatic rings. The minimum Gasteiger partial charge on any atom is -0.448 e. The first-order valence-electron chi connectivity index (χ1n) is 13.3. The highest BCUT2D eigenvalue weighted by Crippen LogP contribution is 2.45. The molecule has 7 heteroatoms. The second-order valence-corrected chi connectivity index (χ2v) is 10.7. The van der Waals surface area contributed by atoms with Crippen LogP contribution in [0.15, 0.2) is 72.8 Å². The van der Waals surface area contributed by atoms with Gasteiger partial charge in [-0.15, -0.1) is 0 Å². The van der Waals surface area contributed by atoms with Crippen molar-refractivity contribution < 1.29 is 28.2 Å². The molecule has 2 fully saturated rings. The van der Waals surface area contributed by atoms with Gasteiger partial charge in [-0.05, 0) is 66.0 Å². The van der Waals surface area contributed by atoms with Gasteiger partial charge in [-0.25, -0.2) is 4.79 Å². The van der Waals surface area contributed by atoms with E-state index in [4.69, 9.17) is 4.74 Å². The van der Waals surface area contributed by atoms with Crippen LogP contribution in [0.2, 0.25) is 0 Å². The molecular formula is C31H31F2NO4. The van der Waals surface area contributed by atoms with Crippen LogP contribution in [0.3, 0.4) is 0 Å². The number of carbonyl (C=O) groups excluding carboxylic acids is 1. The third kappa shape index (κ3) is 4.64. The first-order valence-corrected chi connectivity index (χ1v) is 13.3. The summed E-state index contributed by atoms with van der Waals surface area (Å²) < 4.78 is 36.5. The SMILES string of the molecule is O=C(OCC1c2ccccc2-c2ccccc21)N1C2CCCC1CC(O)(Cc1ccccc1OC(F)F)C2. The molecule has 2 aliphatic heterocycles. The number of hydrogen-bond acceptors (Lipinski definition) is 4. The Hall–Kier alpha value is -3.45. The maximum Gasteiger partial charge on any atom is 0.410 e. The third-order valence-electron chi connectivity index (χ3n) is 8.35. The lowest BCUT2D eigenvalue weighted by molar-refractivity contribution is -0.0857. The number of carbonyl (C=O) groups is 1. The monoisotopic (exact) mass is 519 g/mol. The van der Waals surface area contributed by atoms with E-state index in [9.17, 15) is 18.7 Å². The summed E-state index contributed by atoms with van der Waals surface area (Å²) in [5, 5.41) is 11.6. The van der Waals surface area contributed by atoms with Gasteiger partial charge in [-0.3, -0.25) is 0 Å². The highest BCUT2D eigenvalue weighted by atomic mass is 19.3. The molecule has 0 spiro atoms. The number of nitrogens with zero attached hydrogens (tertiary/aromatic N) is 1. The molecule has 198 valence electrons. The van der Waals surface area contributed by atoms with E-state index in [2.05, 4.69) is 29.0 Å². The summed E-state index contributed by atoms with van der Waals surface area (Å²) in [4.78, 5) is 15.3. The Balaban J connectivity index is 1.16. The van der Waals surface area contributed by atoms with Gasteiger partial charge in [0.2, 0.25) is 0 Å². The van der Waals surface area contributed by atoms with Crippen LogP contribution in [-0.2, 0) is 11.2 Å². The van der Waals surface area contributed by atoms with E-state index in [1.807, 2.05) is 29.2 Å². The van der Waals surface area contributed by atoms with Crippen molar-refractivity contribution in [3.8, 4) is 16.9 Å². The topological polar surface area (TPSA) is 59.0 Å². The van der Waals surface area contributed by atoms with E-state index in [1.165, 1.54) is 28.3 Å². The average molecular weight is 520 g/mol. The Morgan fingerprint density at radius 1 is 0.921 bits per heavy atom. The summed E-state index contributed by atoms with van der Waals surface area (Å²) in [5.41, 5.74) is 4.12. The molecule has 2 heterocycles. The van der Waals surface area contributed by atoms with Crippen molar-refractivity contribution in [2.45, 2.75) is 68.7 Å². The Kier molecular flexibility index (Phi) is 6.56. The summed E-state index contributed by atoms with van der Waals surface area (Å²) in [7, 11) is 0. The fourth-order valence-corrected chi connectivity index (χ4v) is 6.85. The number of fused-ring (bicyclic) bond motifs is 5. The molecular weight excluding hydrogens is 488 g/mol. The zero-order valence-corrected chi connectivity index (χ0v) is 21.1. The minimum absolute atomic E-state index is 0.0146. The fourth-order valence-electron chi connectivity index (χ4n) is 6.85. The minimum atomic E-state index is -2.93. The lowest BCUT2D eigenvalue weighted by Crippen LogP contribution is -2.60. The predicted molar refractivity (Wildman–Crippen MR) is 139 cm³/mol.